The highest BCUT2D eigenvalue weighted by Crippen LogP contribution is 2.37. The number of halogens is 3. The Morgan fingerprint density at radius 3 is 2.67 bits per heavy atom. The van der Waals surface area contributed by atoms with Crippen LogP contribution in [0.5, 0.6) is 0 Å². The number of hydrogen-bond acceptors (Lipinski definition) is 4. The lowest BCUT2D eigenvalue weighted by atomic mass is 9.92. The third-order valence-electron chi connectivity index (χ3n) is 4.08. The summed E-state index contributed by atoms with van der Waals surface area (Å²) in [7, 11) is 3.05. The number of carbonyl (C=O) groups excluding carboxylic acids is 2. The fourth-order valence-corrected chi connectivity index (χ4v) is 3.00. The van der Waals surface area contributed by atoms with Gasteiger partial charge in [-0.25, -0.2) is 0 Å². The zero-order chi connectivity index (χ0) is 17.9. The molecule has 1 N–H and O–H groups in total. The van der Waals surface area contributed by atoms with E-state index in [0.717, 1.165) is 18.4 Å². The van der Waals surface area contributed by atoms with Gasteiger partial charge in [-0.1, -0.05) is 18.2 Å². The van der Waals surface area contributed by atoms with E-state index in [4.69, 9.17) is 0 Å². The first-order chi connectivity index (χ1) is 11.2. The van der Waals surface area contributed by atoms with Gasteiger partial charge in [0.2, 0.25) is 0 Å². The van der Waals surface area contributed by atoms with Crippen LogP contribution in [-0.2, 0) is 14.3 Å². The van der Waals surface area contributed by atoms with Crippen molar-refractivity contribution in [1.82, 2.24) is 5.32 Å². The number of fused-ring (bicyclic) bond motifs is 1. The molecule has 2 atom stereocenters. The van der Waals surface area contributed by atoms with E-state index < -0.39 is 24.1 Å². The number of ether oxygens (including phenoxy) is 1. The third-order valence-corrected chi connectivity index (χ3v) is 4.08. The van der Waals surface area contributed by atoms with Crippen LogP contribution in [0, 0.1) is 0 Å². The highest BCUT2D eigenvalue weighted by Gasteiger charge is 2.40. The van der Waals surface area contributed by atoms with Crippen molar-refractivity contribution < 1.29 is 27.5 Å². The van der Waals surface area contributed by atoms with Crippen LogP contribution < -0.4 is 10.2 Å². The molecule has 5 nitrogen and oxygen atoms in total. The number of hydrogen-bond donors (Lipinski definition) is 1. The standard InChI is InChI=1S/C16H19F3N2O3/c1-21-9-10(12-5-3-4-6-13(12)21)7-11(8-14(22)24-2)20-15(23)16(17,18)19/h3-6,10-11H,7-9H2,1-2H3,(H,20,23)/t10?,11-/m0/s1. The fourth-order valence-electron chi connectivity index (χ4n) is 3.00. The van der Waals surface area contributed by atoms with Crippen LogP contribution in [0.15, 0.2) is 24.3 Å². The van der Waals surface area contributed by atoms with Crippen LogP contribution in [0.4, 0.5) is 18.9 Å². The van der Waals surface area contributed by atoms with Crippen LogP contribution >= 0.6 is 0 Å². The molecule has 1 unspecified atom stereocenters. The molecule has 1 aliphatic rings. The van der Waals surface area contributed by atoms with Crippen molar-refractivity contribution in [3.05, 3.63) is 29.8 Å². The summed E-state index contributed by atoms with van der Waals surface area (Å²) in [6.07, 6.45) is -5.07. The number of carbonyl (C=O) groups is 2. The molecular weight excluding hydrogens is 325 g/mol. The zero-order valence-corrected chi connectivity index (χ0v) is 13.4. The smallest absolute Gasteiger partial charge is 0.469 e. The van der Waals surface area contributed by atoms with Gasteiger partial charge in [0.05, 0.1) is 13.5 Å². The Balaban J connectivity index is 2.14. The minimum Gasteiger partial charge on any atom is -0.469 e. The zero-order valence-electron chi connectivity index (χ0n) is 13.4. The number of para-hydroxylation sites is 1. The van der Waals surface area contributed by atoms with E-state index in [1.165, 1.54) is 0 Å². The van der Waals surface area contributed by atoms with E-state index in [1.807, 2.05) is 41.5 Å². The molecule has 0 aromatic heterocycles. The molecule has 1 amide bonds. The number of likely N-dealkylation sites (N-methyl/N-ethyl adjacent to an activating group) is 1. The molecule has 0 fully saturated rings. The molecule has 0 aliphatic carbocycles. The highest BCUT2D eigenvalue weighted by atomic mass is 19.4. The second-order valence-electron chi connectivity index (χ2n) is 5.82. The molecule has 0 spiro atoms. The van der Waals surface area contributed by atoms with E-state index in [9.17, 15) is 22.8 Å². The van der Waals surface area contributed by atoms with Crippen molar-refractivity contribution in [2.75, 3.05) is 25.6 Å². The summed E-state index contributed by atoms with van der Waals surface area (Å²) in [6.45, 7) is 0.610. The van der Waals surface area contributed by atoms with E-state index in [-0.39, 0.29) is 18.8 Å². The van der Waals surface area contributed by atoms with E-state index >= 15 is 0 Å². The molecule has 1 heterocycles. The summed E-state index contributed by atoms with van der Waals surface area (Å²) >= 11 is 0. The van der Waals surface area contributed by atoms with Gasteiger partial charge in [-0.15, -0.1) is 0 Å². The average Bonchev–Trinajstić information content (AvgIpc) is 2.83. The van der Waals surface area contributed by atoms with E-state index in [2.05, 4.69) is 4.74 Å². The molecule has 24 heavy (non-hydrogen) atoms. The number of rotatable bonds is 5. The Morgan fingerprint density at radius 2 is 2.04 bits per heavy atom. The number of anilines is 1. The monoisotopic (exact) mass is 344 g/mol. The second kappa shape index (κ2) is 7.11. The normalized spacial score (nSPS) is 18.0. The average molecular weight is 344 g/mol. The van der Waals surface area contributed by atoms with Crippen molar-refractivity contribution in [2.24, 2.45) is 0 Å². The quantitative estimate of drug-likeness (QED) is 0.832. The molecular formula is C16H19F3N2O3. The topological polar surface area (TPSA) is 58.6 Å². The van der Waals surface area contributed by atoms with Gasteiger partial charge in [0.1, 0.15) is 0 Å². The first-order valence-electron chi connectivity index (χ1n) is 7.47. The van der Waals surface area contributed by atoms with Gasteiger partial charge in [-0.3, -0.25) is 9.59 Å². The number of alkyl halides is 3. The minimum absolute atomic E-state index is 0.0746. The maximum absolute atomic E-state index is 12.5. The largest absolute Gasteiger partial charge is 0.471 e. The summed E-state index contributed by atoms with van der Waals surface area (Å²) in [5, 5.41) is 1.91. The SMILES string of the molecule is COC(=O)C[C@H](CC1CN(C)c2ccccc21)NC(=O)C(F)(F)F. The number of methoxy groups -OCH3 is 1. The van der Waals surface area contributed by atoms with Crippen molar-refractivity contribution >= 4 is 17.6 Å². The van der Waals surface area contributed by atoms with Gasteiger partial charge >= 0.3 is 18.1 Å². The Kier molecular flexibility index (Phi) is 5.36. The minimum atomic E-state index is -4.99. The molecule has 132 valence electrons. The van der Waals surface area contributed by atoms with Gasteiger partial charge < -0.3 is 15.0 Å². The molecule has 0 bridgehead atoms. The van der Waals surface area contributed by atoms with Crippen LogP contribution in [-0.4, -0.2) is 44.8 Å². The van der Waals surface area contributed by atoms with Gasteiger partial charge in [0.15, 0.2) is 0 Å². The molecule has 0 saturated heterocycles. The van der Waals surface area contributed by atoms with Gasteiger partial charge in [0.25, 0.3) is 0 Å². The van der Waals surface area contributed by atoms with Crippen molar-refractivity contribution in [3.8, 4) is 0 Å². The number of nitrogens with zero attached hydrogens (tertiary/aromatic N) is 1. The lowest BCUT2D eigenvalue weighted by molar-refractivity contribution is -0.174. The number of benzene rings is 1. The lowest BCUT2D eigenvalue weighted by Crippen LogP contribution is -2.45. The Labute approximate surface area is 137 Å². The summed E-state index contributed by atoms with van der Waals surface area (Å²) in [5.74, 6) is -2.78. The van der Waals surface area contributed by atoms with E-state index in [0.29, 0.717) is 6.54 Å². The maximum Gasteiger partial charge on any atom is 0.471 e. The molecule has 8 heteroatoms. The Hall–Kier alpha value is -2.25. The third kappa shape index (κ3) is 4.18. The van der Waals surface area contributed by atoms with Crippen molar-refractivity contribution in [2.45, 2.75) is 31.0 Å². The summed E-state index contributed by atoms with van der Waals surface area (Å²) < 4.78 is 42.0. The summed E-state index contributed by atoms with van der Waals surface area (Å²) in [4.78, 5) is 24.7. The number of amides is 1. The number of esters is 1. The van der Waals surface area contributed by atoms with Gasteiger partial charge in [-0.05, 0) is 18.1 Å². The van der Waals surface area contributed by atoms with Gasteiger partial charge in [-0.2, -0.15) is 13.2 Å². The first kappa shape index (κ1) is 18.1. The highest BCUT2D eigenvalue weighted by molar-refractivity contribution is 5.82. The summed E-state index contributed by atoms with van der Waals surface area (Å²) in [5.41, 5.74) is 2.00. The van der Waals surface area contributed by atoms with Crippen molar-refractivity contribution in [1.29, 1.82) is 0 Å². The van der Waals surface area contributed by atoms with Crippen LogP contribution in [0.1, 0.15) is 24.3 Å². The Bertz CT molecular complexity index is 619. The van der Waals surface area contributed by atoms with Crippen molar-refractivity contribution in [3.63, 3.8) is 0 Å². The molecule has 1 aromatic carbocycles. The second-order valence-corrected chi connectivity index (χ2v) is 5.82. The van der Waals surface area contributed by atoms with E-state index in [1.54, 1.807) is 0 Å². The first-order valence-corrected chi connectivity index (χ1v) is 7.47. The van der Waals surface area contributed by atoms with Gasteiger partial charge in [0, 0.05) is 31.2 Å². The molecule has 1 aromatic rings. The molecule has 2 rings (SSSR count). The predicted molar refractivity (Wildman–Crippen MR) is 81.7 cm³/mol. The molecule has 0 radical (unpaired) electrons. The van der Waals surface area contributed by atoms with Crippen LogP contribution in [0.2, 0.25) is 0 Å². The fraction of sp³-hybridized carbons (Fsp3) is 0.500. The number of nitrogens with one attached hydrogen (secondary N) is 1. The summed E-state index contributed by atoms with van der Waals surface area (Å²) in [6, 6.07) is 6.63. The Morgan fingerprint density at radius 1 is 1.38 bits per heavy atom. The maximum atomic E-state index is 12.5. The van der Waals surface area contributed by atoms with Crippen LogP contribution in [0.25, 0.3) is 0 Å². The predicted octanol–water partition coefficient (Wildman–Crippen LogP) is 2.22. The van der Waals surface area contributed by atoms with Crippen LogP contribution in [0.3, 0.4) is 0 Å². The molecule has 0 saturated carbocycles. The molecule has 1 aliphatic heterocycles. The lowest BCUT2D eigenvalue weighted by Gasteiger charge is -2.22.